The molecule has 0 amide bonds. The second-order valence-electron chi connectivity index (χ2n) is 4.84. The van der Waals surface area contributed by atoms with Crippen molar-refractivity contribution in [2.45, 2.75) is 19.4 Å². The van der Waals surface area contributed by atoms with Crippen molar-refractivity contribution in [1.29, 1.82) is 0 Å². The molecule has 6 heteroatoms. The van der Waals surface area contributed by atoms with Crippen LogP contribution in [0.5, 0.6) is 0 Å². The van der Waals surface area contributed by atoms with E-state index in [0.717, 1.165) is 11.1 Å². The van der Waals surface area contributed by atoms with Gasteiger partial charge < -0.3 is 10.3 Å². The van der Waals surface area contributed by atoms with Gasteiger partial charge in [-0.1, -0.05) is 35.5 Å². The number of aromatic nitrogens is 4. The summed E-state index contributed by atoms with van der Waals surface area (Å²) in [5, 5.41) is 3.89. The second kappa shape index (κ2) is 5.80. The maximum Gasteiger partial charge on any atom is 0.244 e. The molecule has 6 nitrogen and oxygen atoms in total. The minimum Gasteiger partial charge on any atom is -0.337 e. The molecule has 2 N–H and O–H groups in total. The first-order valence-electron chi connectivity index (χ1n) is 6.64. The lowest BCUT2D eigenvalue weighted by molar-refractivity contribution is 0.354. The minimum absolute atomic E-state index is 0.348. The number of rotatable bonds is 4. The van der Waals surface area contributed by atoms with E-state index in [1.54, 1.807) is 12.4 Å². The summed E-state index contributed by atoms with van der Waals surface area (Å²) in [7, 11) is 0. The Hall–Kier alpha value is -2.60. The minimum atomic E-state index is -0.348. The van der Waals surface area contributed by atoms with Crippen LogP contribution < -0.4 is 5.73 Å². The summed E-state index contributed by atoms with van der Waals surface area (Å²) in [5.41, 5.74) is 8.20. The van der Waals surface area contributed by atoms with Crippen LogP contribution in [0.2, 0.25) is 0 Å². The maximum absolute atomic E-state index is 6.11. The molecular weight excluding hydrogens is 266 g/mol. The van der Waals surface area contributed by atoms with Crippen molar-refractivity contribution >= 4 is 0 Å². The zero-order chi connectivity index (χ0) is 14.7. The fourth-order valence-electron chi connectivity index (χ4n) is 1.94. The van der Waals surface area contributed by atoms with Crippen molar-refractivity contribution in [3.8, 4) is 11.6 Å². The third kappa shape index (κ3) is 3.11. The van der Waals surface area contributed by atoms with Gasteiger partial charge in [0.25, 0.3) is 0 Å². The summed E-state index contributed by atoms with van der Waals surface area (Å²) in [6.45, 7) is 1.92. The summed E-state index contributed by atoms with van der Waals surface area (Å²) in [6.07, 6.45) is 4.06. The van der Waals surface area contributed by atoms with E-state index < -0.39 is 0 Å². The summed E-state index contributed by atoms with van der Waals surface area (Å²) in [4.78, 5) is 12.6. The van der Waals surface area contributed by atoms with Crippen molar-refractivity contribution in [3.05, 3.63) is 59.7 Å². The number of hydrogen-bond donors (Lipinski definition) is 1. The highest BCUT2D eigenvalue weighted by Crippen LogP contribution is 2.17. The van der Waals surface area contributed by atoms with Gasteiger partial charge in [-0.3, -0.25) is 0 Å². The first-order chi connectivity index (χ1) is 10.2. The van der Waals surface area contributed by atoms with Crippen LogP contribution in [-0.4, -0.2) is 20.1 Å². The molecule has 0 aliphatic heterocycles. The third-order valence-electron chi connectivity index (χ3n) is 3.04. The quantitative estimate of drug-likeness (QED) is 0.787. The predicted molar refractivity (Wildman–Crippen MR) is 77.1 cm³/mol. The molecule has 0 aliphatic carbocycles. The van der Waals surface area contributed by atoms with E-state index in [0.29, 0.717) is 24.0 Å². The molecule has 0 aliphatic rings. The lowest BCUT2D eigenvalue weighted by atomic mass is 10.1. The summed E-state index contributed by atoms with van der Waals surface area (Å²) in [5.74, 6) is 1.18. The van der Waals surface area contributed by atoms with Gasteiger partial charge in [0, 0.05) is 12.4 Å². The van der Waals surface area contributed by atoms with E-state index in [1.807, 2.05) is 37.3 Å². The average Bonchev–Trinajstić information content (AvgIpc) is 2.99. The van der Waals surface area contributed by atoms with E-state index in [4.69, 9.17) is 10.3 Å². The molecule has 1 aromatic carbocycles. The molecular formula is C15H15N5O. The monoisotopic (exact) mass is 281 g/mol. The molecule has 0 bridgehead atoms. The molecule has 0 fully saturated rings. The maximum atomic E-state index is 6.11. The first-order valence-corrected chi connectivity index (χ1v) is 6.64. The normalized spacial score (nSPS) is 12.3. The molecule has 2 heterocycles. The summed E-state index contributed by atoms with van der Waals surface area (Å²) < 4.78 is 5.22. The molecule has 0 spiro atoms. The Morgan fingerprint density at radius 3 is 2.52 bits per heavy atom. The number of aryl methyl sites for hydroxylation is 1. The Kier molecular flexibility index (Phi) is 3.70. The molecule has 2 aromatic heterocycles. The Balaban J connectivity index is 1.76. The molecule has 3 rings (SSSR count). The van der Waals surface area contributed by atoms with E-state index in [2.05, 4.69) is 20.1 Å². The van der Waals surface area contributed by atoms with Crippen LogP contribution in [-0.2, 0) is 6.42 Å². The van der Waals surface area contributed by atoms with Crippen molar-refractivity contribution in [1.82, 2.24) is 20.1 Å². The Bertz CT molecular complexity index is 708. The molecule has 1 atom stereocenters. The van der Waals surface area contributed by atoms with E-state index >= 15 is 0 Å². The Morgan fingerprint density at radius 1 is 1.10 bits per heavy atom. The van der Waals surface area contributed by atoms with Gasteiger partial charge in [-0.15, -0.1) is 0 Å². The fourth-order valence-corrected chi connectivity index (χ4v) is 1.94. The van der Waals surface area contributed by atoms with E-state index in [-0.39, 0.29) is 6.04 Å². The molecule has 0 unspecified atom stereocenters. The van der Waals surface area contributed by atoms with Crippen molar-refractivity contribution < 1.29 is 4.52 Å². The van der Waals surface area contributed by atoms with Crippen LogP contribution in [0.15, 0.2) is 47.2 Å². The van der Waals surface area contributed by atoms with Gasteiger partial charge in [-0.05, 0) is 24.5 Å². The second-order valence-corrected chi connectivity index (χ2v) is 4.84. The fraction of sp³-hybridized carbons (Fsp3) is 0.200. The van der Waals surface area contributed by atoms with Crippen molar-refractivity contribution in [3.63, 3.8) is 0 Å². The molecule has 3 aromatic rings. The third-order valence-corrected chi connectivity index (χ3v) is 3.04. The van der Waals surface area contributed by atoms with Gasteiger partial charge in [-0.2, -0.15) is 4.98 Å². The topological polar surface area (TPSA) is 90.7 Å². The van der Waals surface area contributed by atoms with Crippen LogP contribution in [0.25, 0.3) is 11.6 Å². The largest absolute Gasteiger partial charge is 0.337 e. The lowest BCUT2D eigenvalue weighted by Gasteiger charge is -2.05. The van der Waals surface area contributed by atoms with Crippen LogP contribution in [0, 0.1) is 6.92 Å². The van der Waals surface area contributed by atoms with Crippen molar-refractivity contribution in [2.75, 3.05) is 0 Å². The Labute approximate surface area is 122 Å². The molecule has 106 valence electrons. The zero-order valence-corrected chi connectivity index (χ0v) is 11.6. The van der Waals surface area contributed by atoms with Gasteiger partial charge in [-0.25, -0.2) is 9.97 Å². The summed E-state index contributed by atoms with van der Waals surface area (Å²) >= 11 is 0. The number of hydrogen-bond acceptors (Lipinski definition) is 6. The van der Waals surface area contributed by atoms with Crippen LogP contribution in [0.4, 0.5) is 0 Å². The predicted octanol–water partition coefficient (Wildman–Crippen LogP) is 2.08. The van der Waals surface area contributed by atoms with E-state index in [9.17, 15) is 0 Å². The van der Waals surface area contributed by atoms with Gasteiger partial charge in [0.2, 0.25) is 17.5 Å². The molecule has 0 saturated carbocycles. The molecule has 0 saturated heterocycles. The first kappa shape index (κ1) is 13.4. The van der Waals surface area contributed by atoms with E-state index in [1.165, 1.54) is 0 Å². The van der Waals surface area contributed by atoms with Crippen LogP contribution in [0.3, 0.4) is 0 Å². The number of nitrogens with zero attached hydrogens (tertiary/aromatic N) is 4. The van der Waals surface area contributed by atoms with Gasteiger partial charge >= 0.3 is 0 Å². The zero-order valence-electron chi connectivity index (χ0n) is 11.6. The van der Waals surface area contributed by atoms with Gasteiger partial charge in [0.15, 0.2) is 0 Å². The molecule has 21 heavy (non-hydrogen) atoms. The van der Waals surface area contributed by atoms with Crippen LogP contribution in [0.1, 0.15) is 23.1 Å². The highest BCUT2D eigenvalue weighted by atomic mass is 16.5. The number of nitrogens with two attached hydrogens (primary N) is 1. The van der Waals surface area contributed by atoms with Crippen LogP contribution >= 0.6 is 0 Å². The highest BCUT2D eigenvalue weighted by molar-refractivity contribution is 5.41. The SMILES string of the molecule is Cc1cnc(-c2noc([C@@H](N)Cc3ccccc3)n2)nc1. The smallest absolute Gasteiger partial charge is 0.244 e. The highest BCUT2D eigenvalue weighted by Gasteiger charge is 2.17. The summed E-state index contributed by atoms with van der Waals surface area (Å²) in [6, 6.07) is 9.59. The number of benzene rings is 1. The van der Waals surface area contributed by atoms with Gasteiger partial charge in [0.05, 0.1) is 6.04 Å². The standard InChI is InChI=1S/C15H15N5O/c1-10-8-17-13(18-9-10)14-19-15(21-20-14)12(16)7-11-5-3-2-4-6-11/h2-6,8-9,12H,7,16H2,1H3/t12-/m0/s1. The van der Waals surface area contributed by atoms with Gasteiger partial charge in [0.1, 0.15) is 0 Å². The Morgan fingerprint density at radius 2 is 1.81 bits per heavy atom. The van der Waals surface area contributed by atoms with Crippen molar-refractivity contribution in [2.24, 2.45) is 5.73 Å². The lowest BCUT2D eigenvalue weighted by Crippen LogP contribution is -2.13. The molecule has 0 radical (unpaired) electrons. The average molecular weight is 281 g/mol.